The molecule has 7 nitrogen and oxygen atoms in total. The Labute approximate surface area is 157 Å². The zero-order valence-corrected chi connectivity index (χ0v) is 15.9. The first kappa shape index (κ1) is 20.5. The fourth-order valence-electron chi connectivity index (χ4n) is 2.23. The number of ether oxygens (including phenoxy) is 3. The van der Waals surface area contributed by atoms with Crippen LogP contribution in [0.4, 0.5) is 0 Å². The largest absolute Gasteiger partial charge is 0.504 e. The Balaban J connectivity index is 1.89. The molecule has 1 aromatic carbocycles. The lowest BCUT2D eigenvalue weighted by atomic mass is 10.1. The smallest absolute Gasteiger partial charge is 0.332 e. The Morgan fingerprint density at radius 1 is 1.23 bits per heavy atom. The summed E-state index contributed by atoms with van der Waals surface area (Å²) >= 11 is 1.31. The van der Waals surface area contributed by atoms with E-state index in [0.29, 0.717) is 41.9 Å². The molecule has 144 valence electrons. The summed E-state index contributed by atoms with van der Waals surface area (Å²) in [7, 11) is 0. The van der Waals surface area contributed by atoms with E-state index in [2.05, 4.69) is 4.99 Å². The van der Waals surface area contributed by atoms with E-state index < -0.39 is 11.5 Å². The molecule has 0 aliphatic carbocycles. The van der Waals surface area contributed by atoms with Gasteiger partial charge in [-0.3, -0.25) is 4.99 Å². The van der Waals surface area contributed by atoms with Crippen LogP contribution in [-0.4, -0.2) is 65.6 Å². The minimum atomic E-state index is -1.17. The zero-order valence-electron chi connectivity index (χ0n) is 15.1. The van der Waals surface area contributed by atoms with Gasteiger partial charge in [-0.05, 0) is 25.5 Å². The molecule has 1 aliphatic heterocycles. The number of carboxylic acids is 1. The number of benzene rings is 1. The number of phenols is 1. The van der Waals surface area contributed by atoms with Crippen molar-refractivity contribution >= 4 is 22.8 Å². The van der Waals surface area contributed by atoms with Gasteiger partial charge in [0.1, 0.15) is 11.7 Å². The number of hydrogen-bond donors (Lipinski definition) is 2. The number of phenolic OH excluding ortho intramolecular Hbond substituents is 1. The molecule has 0 spiro atoms. The molecule has 0 saturated heterocycles. The van der Waals surface area contributed by atoms with E-state index in [4.69, 9.17) is 14.2 Å². The second-order valence-corrected chi connectivity index (χ2v) is 6.97. The highest BCUT2D eigenvalue weighted by Gasteiger charge is 2.39. The molecule has 0 bridgehead atoms. The van der Waals surface area contributed by atoms with Crippen LogP contribution in [0.2, 0.25) is 0 Å². The third kappa shape index (κ3) is 5.36. The minimum absolute atomic E-state index is 0.0420. The van der Waals surface area contributed by atoms with Crippen LogP contribution in [-0.2, 0) is 14.3 Å². The Hall–Kier alpha value is -1.77. The maximum atomic E-state index is 11.3. The van der Waals surface area contributed by atoms with Crippen LogP contribution < -0.4 is 4.74 Å². The van der Waals surface area contributed by atoms with Crippen molar-refractivity contribution in [3.05, 3.63) is 23.8 Å². The summed E-state index contributed by atoms with van der Waals surface area (Å²) in [6.45, 7) is 6.05. The number of hydrogen-bond acceptors (Lipinski definition) is 7. The number of carboxylic acid groups (broad SMARTS) is 1. The first-order valence-corrected chi connectivity index (χ1v) is 9.53. The minimum Gasteiger partial charge on any atom is -0.504 e. The molecule has 2 rings (SSSR count). The van der Waals surface area contributed by atoms with Gasteiger partial charge in [0.25, 0.3) is 0 Å². The molecule has 8 heteroatoms. The van der Waals surface area contributed by atoms with Crippen LogP contribution in [0.3, 0.4) is 0 Å². The molecule has 1 atom stereocenters. The number of aliphatic imine (C=N–C) groups is 1. The van der Waals surface area contributed by atoms with Gasteiger partial charge in [0.05, 0.1) is 25.4 Å². The molecule has 1 aromatic rings. The van der Waals surface area contributed by atoms with Gasteiger partial charge >= 0.3 is 5.97 Å². The van der Waals surface area contributed by atoms with Gasteiger partial charge in [-0.1, -0.05) is 13.0 Å². The molecular formula is C18H25NO6S. The molecule has 2 N–H and O–H groups in total. The lowest BCUT2D eigenvalue weighted by Crippen LogP contribution is -2.33. The van der Waals surface area contributed by atoms with Crippen molar-refractivity contribution < 1.29 is 29.2 Å². The lowest BCUT2D eigenvalue weighted by Gasteiger charge is -2.12. The monoisotopic (exact) mass is 383 g/mol. The van der Waals surface area contributed by atoms with Gasteiger partial charge in [-0.2, -0.15) is 0 Å². The topological polar surface area (TPSA) is 97.6 Å². The molecule has 0 amide bonds. The molecule has 0 fully saturated rings. The van der Waals surface area contributed by atoms with E-state index >= 15 is 0 Å². The van der Waals surface area contributed by atoms with E-state index in [0.717, 1.165) is 13.0 Å². The van der Waals surface area contributed by atoms with E-state index in [1.807, 2.05) is 6.92 Å². The third-order valence-electron chi connectivity index (χ3n) is 3.73. The quantitative estimate of drug-likeness (QED) is 0.567. The van der Waals surface area contributed by atoms with Crippen molar-refractivity contribution in [1.82, 2.24) is 0 Å². The first-order chi connectivity index (χ1) is 12.5. The van der Waals surface area contributed by atoms with Crippen LogP contribution in [0.15, 0.2) is 23.2 Å². The second-order valence-electron chi connectivity index (χ2n) is 6.01. The molecule has 1 heterocycles. The number of carbonyl (C=O) groups is 1. The van der Waals surface area contributed by atoms with Crippen LogP contribution in [0.25, 0.3) is 0 Å². The molecule has 1 unspecified atom stereocenters. The second kappa shape index (κ2) is 9.80. The fraction of sp³-hybridized carbons (Fsp3) is 0.556. The standard InChI is InChI=1S/C18H25NO6S/c1-3-7-23-8-9-24-10-11-25-14-6-4-5-13(15(14)20)16-19-18(2,12-26-16)17(21)22/h4-6,20H,3,7-12H2,1-2H3,(H,21,22). The Bertz CT molecular complexity index is 651. The average Bonchev–Trinajstić information content (AvgIpc) is 3.02. The summed E-state index contributed by atoms with van der Waals surface area (Å²) in [5.74, 6) is -0.372. The highest BCUT2D eigenvalue weighted by Crippen LogP contribution is 2.37. The van der Waals surface area contributed by atoms with Gasteiger partial charge in [-0.25, -0.2) is 4.79 Å². The van der Waals surface area contributed by atoms with Crippen LogP contribution in [0.5, 0.6) is 11.5 Å². The summed E-state index contributed by atoms with van der Waals surface area (Å²) in [5.41, 5.74) is -0.692. The van der Waals surface area contributed by atoms with Crippen molar-refractivity contribution in [2.45, 2.75) is 25.8 Å². The van der Waals surface area contributed by atoms with Crippen LogP contribution in [0.1, 0.15) is 25.8 Å². The van der Waals surface area contributed by atoms with Gasteiger partial charge in [0.15, 0.2) is 17.0 Å². The molecule has 0 radical (unpaired) electrons. The summed E-state index contributed by atoms with van der Waals surface area (Å²) in [5, 5.41) is 20.2. The van der Waals surface area contributed by atoms with E-state index in [1.165, 1.54) is 11.8 Å². The van der Waals surface area contributed by atoms with Crippen LogP contribution in [0, 0.1) is 0 Å². The van der Waals surface area contributed by atoms with Crippen LogP contribution >= 0.6 is 11.8 Å². The Morgan fingerprint density at radius 2 is 1.92 bits per heavy atom. The van der Waals surface area contributed by atoms with E-state index in [1.54, 1.807) is 25.1 Å². The maximum Gasteiger partial charge on any atom is 0.332 e. The molecule has 0 saturated carbocycles. The van der Waals surface area contributed by atoms with Gasteiger partial charge in [-0.15, -0.1) is 11.8 Å². The highest BCUT2D eigenvalue weighted by molar-refractivity contribution is 8.14. The summed E-state index contributed by atoms with van der Waals surface area (Å²) in [6, 6.07) is 5.09. The van der Waals surface area contributed by atoms with Crippen molar-refractivity contribution in [3.63, 3.8) is 0 Å². The summed E-state index contributed by atoms with van der Waals surface area (Å²) in [6.07, 6.45) is 0.980. The maximum absolute atomic E-state index is 11.3. The molecular weight excluding hydrogens is 358 g/mol. The van der Waals surface area contributed by atoms with Gasteiger partial charge in [0.2, 0.25) is 0 Å². The predicted octanol–water partition coefficient (Wildman–Crippen LogP) is 2.55. The number of thioether (sulfide) groups is 1. The van der Waals surface area contributed by atoms with E-state index in [-0.39, 0.29) is 12.4 Å². The third-order valence-corrected chi connectivity index (χ3v) is 5.03. The number of para-hydroxylation sites is 1. The number of aromatic hydroxyl groups is 1. The molecule has 0 aromatic heterocycles. The summed E-state index contributed by atoms with van der Waals surface area (Å²) in [4.78, 5) is 15.6. The lowest BCUT2D eigenvalue weighted by molar-refractivity contribution is -0.141. The van der Waals surface area contributed by atoms with Crippen molar-refractivity contribution in [2.75, 3.05) is 38.8 Å². The molecule has 1 aliphatic rings. The van der Waals surface area contributed by atoms with E-state index in [9.17, 15) is 15.0 Å². The number of aliphatic carboxylic acids is 1. The highest BCUT2D eigenvalue weighted by atomic mass is 32.2. The van der Waals surface area contributed by atoms with Crippen molar-refractivity contribution in [2.24, 2.45) is 4.99 Å². The number of nitrogens with zero attached hydrogens (tertiary/aromatic N) is 1. The Morgan fingerprint density at radius 3 is 2.58 bits per heavy atom. The van der Waals surface area contributed by atoms with Crippen molar-refractivity contribution in [3.8, 4) is 11.5 Å². The normalized spacial score (nSPS) is 19.4. The first-order valence-electron chi connectivity index (χ1n) is 8.54. The average molecular weight is 383 g/mol. The van der Waals surface area contributed by atoms with Gasteiger partial charge in [0, 0.05) is 12.4 Å². The number of rotatable bonds is 11. The zero-order chi connectivity index (χ0) is 19.0. The van der Waals surface area contributed by atoms with Crippen molar-refractivity contribution in [1.29, 1.82) is 0 Å². The summed E-state index contributed by atoms with van der Waals surface area (Å²) < 4.78 is 16.3. The predicted molar refractivity (Wildman–Crippen MR) is 101 cm³/mol. The fourth-order valence-corrected chi connectivity index (χ4v) is 3.43. The SMILES string of the molecule is CCCOCCOCCOc1cccc(C2=NC(C)(C(=O)O)CS2)c1O. The Kier molecular flexibility index (Phi) is 7.74. The van der Waals surface area contributed by atoms with Gasteiger partial charge < -0.3 is 24.4 Å². The molecule has 26 heavy (non-hydrogen) atoms.